The molecule has 51 heavy (non-hydrogen) atoms. The van der Waals surface area contributed by atoms with E-state index in [9.17, 15) is 14.7 Å². The quantitative estimate of drug-likeness (QED) is 0.211. The van der Waals surface area contributed by atoms with Crippen molar-refractivity contribution >= 4 is 35.4 Å². The molecule has 2 N–H and O–H groups in total. The molecule has 2 aromatic carbocycles. The van der Waals surface area contributed by atoms with E-state index in [0.29, 0.717) is 59.9 Å². The van der Waals surface area contributed by atoms with Gasteiger partial charge in [0.2, 0.25) is 0 Å². The normalized spacial score (nSPS) is 13.8. The van der Waals surface area contributed by atoms with Crippen molar-refractivity contribution in [1.29, 1.82) is 0 Å². The molecule has 276 valence electrons. The number of aliphatic hydroxyl groups excluding tert-OH is 1. The van der Waals surface area contributed by atoms with Crippen LogP contribution in [0.3, 0.4) is 0 Å². The molecule has 0 atom stereocenters. The number of rotatable bonds is 4. The van der Waals surface area contributed by atoms with Crippen LogP contribution < -0.4 is 4.74 Å². The van der Waals surface area contributed by atoms with E-state index in [-0.39, 0.29) is 31.1 Å². The second-order valence-corrected chi connectivity index (χ2v) is 14.6. The number of oxazole rings is 2. The summed E-state index contributed by atoms with van der Waals surface area (Å²) in [5.74, 6) is 1.82. The van der Waals surface area contributed by atoms with Crippen LogP contribution >= 0.6 is 23.2 Å². The van der Waals surface area contributed by atoms with Crippen molar-refractivity contribution in [1.82, 2.24) is 19.8 Å². The second kappa shape index (κ2) is 17.2. The molecule has 0 radical (unpaired) electrons. The summed E-state index contributed by atoms with van der Waals surface area (Å²) < 4.78 is 26.3. The number of carbonyl (C=O) groups is 2. The Labute approximate surface area is 307 Å². The largest absolute Gasteiger partial charge is 0.506 e. The van der Waals surface area contributed by atoms with Gasteiger partial charge in [-0.1, -0.05) is 23.2 Å². The first-order valence-corrected chi connectivity index (χ1v) is 17.0. The number of benzene rings is 2. The molecule has 2 aromatic heterocycles. The molecule has 4 heterocycles. The first-order valence-electron chi connectivity index (χ1n) is 16.3. The molecular weight excluding hydrogens is 703 g/mol. The van der Waals surface area contributed by atoms with Gasteiger partial charge in [0.05, 0.1) is 22.4 Å². The number of amides is 2. The Morgan fingerprint density at radius 3 is 1.71 bits per heavy atom. The Bertz CT molecular complexity index is 1750. The first-order chi connectivity index (χ1) is 24.0. The Balaban J connectivity index is 0.000000197. The fourth-order valence-corrected chi connectivity index (χ4v) is 5.41. The average Bonchev–Trinajstić information content (AvgIpc) is 3.78. The number of nitrogens with zero attached hydrogens (tertiary/aromatic N) is 4. The first kappa shape index (κ1) is 39.3. The van der Waals surface area contributed by atoms with Crippen molar-refractivity contribution in [3.63, 3.8) is 0 Å². The number of aromatic hydroxyl groups is 1. The van der Waals surface area contributed by atoms with Gasteiger partial charge in [-0.2, -0.15) is 0 Å². The monoisotopic (exact) mass is 746 g/mol. The summed E-state index contributed by atoms with van der Waals surface area (Å²) in [4.78, 5) is 35.0. The molecular formula is C36H44Cl2N4O9. The maximum atomic E-state index is 12.2. The number of aromatic nitrogens is 2. The summed E-state index contributed by atoms with van der Waals surface area (Å²) in [7, 11) is 0. The summed E-state index contributed by atoms with van der Waals surface area (Å²) in [5, 5.41) is 18.7. The molecule has 0 saturated heterocycles. The number of hydrogen-bond acceptors (Lipinski definition) is 11. The molecule has 0 saturated carbocycles. The van der Waals surface area contributed by atoms with Crippen LogP contribution in [0.25, 0.3) is 0 Å². The Morgan fingerprint density at radius 1 is 0.765 bits per heavy atom. The third kappa shape index (κ3) is 12.1. The zero-order valence-electron chi connectivity index (χ0n) is 29.6. The minimum atomic E-state index is -0.507. The standard InChI is InChI=1S/C18H21ClN2O4.C14H18ClNO3.C4H5NO2/c1-18(2,3)25-17(22)21-5-4-12-7-16(15(19)6-13(12)9-21)23-10-14-8-20-11-24-14;1-14(2,3)19-13(18)16-5-4-9-7-12(17)11(15)6-10(9)8-16;6-2-4-1-5-3-7-4/h6-8,11H,4-5,9-10H2,1-3H3;6-7,17H,4-5,8H2,1-3H3;1,3,6H,2H2. The molecule has 2 amide bonds. The fraction of sp³-hybridized carbons (Fsp3) is 0.444. The number of halogens is 2. The number of ether oxygens (including phenoxy) is 3. The van der Waals surface area contributed by atoms with Crippen molar-refractivity contribution in [2.24, 2.45) is 0 Å². The molecule has 15 heteroatoms. The van der Waals surface area contributed by atoms with E-state index in [2.05, 4.69) is 14.4 Å². The number of fused-ring (bicyclic) bond motifs is 2. The molecule has 6 rings (SSSR count). The van der Waals surface area contributed by atoms with Gasteiger partial charge in [0.1, 0.15) is 41.7 Å². The minimum absolute atomic E-state index is 0.0694. The van der Waals surface area contributed by atoms with Crippen LogP contribution in [0.1, 0.15) is 75.3 Å². The predicted molar refractivity (Wildman–Crippen MR) is 189 cm³/mol. The maximum absolute atomic E-state index is 12.2. The van der Waals surface area contributed by atoms with Crippen molar-refractivity contribution in [3.8, 4) is 11.5 Å². The van der Waals surface area contributed by atoms with E-state index < -0.39 is 11.2 Å². The number of carbonyl (C=O) groups excluding carboxylic acids is 2. The van der Waals surface area contributed by atoms with Crippen molar-refractivity contribution in [3.05, 3.63) is 93.3 Å². The summed E-state index contributed by atoms with van der Waals surface area (Å²) in [6.45, 7) is 13.4. The van der Waals surface area contributed by atoms with Crippen LogP contribution in [0.4, 0.5) is 9.59 Å². The maximum Gasteiger partial charge on any atom is 0.410 e. The molecule has 2 aliphatic rings. The SMILES string of the molecule is CC(C)(C)OC(=O)N1CCc2cc(O)c(Cl)cc2C1.CC(C)(C)OC(=O)N1CCc2cc(OCc3cnco3)c(Cl)cc2C1.OCc1cnco1. The van der Waals surface area contributed by atoms with E-state index in [0.717, 1.165) is 28.7 Å². The molecule has 4 aromatic rings. The Kier molecular flexibility index (Phi) is 13.2. The summed E-state index contributed by atoms with van der Waals surface area (Å²) in [6, 6.07) is 7.16. The zero-order valence-corrected chi connectivity index (χ0v) is 31.1. The smallest absolute Gasteiger partial charge is 0.410 e. The molecule has 0 bridgehead atoms. The van der Waals surface area contributed by atoms with Crippen molar-refractivity contribution < 1.29 is 42.8 Å². The Hall–Kier alpha value is -4.46. The molecule has 0 spiro atoms. The number of hydrogen-bond donors (Lipinski definition) is 2. The van der Waals surface area contributed by atoms with Gasteiger partial charge in [0.15, 0.2) is 18.5 Å². The number of phenolic OH excluding ortho intramolecular Hbond substituents is 1. The lowest BCUT2D eigenvalue weighted by Gasteiger charge is -2.31. The van der Waals surface area contributed by atoms with Gasteiger partial charge >= 0.3 is 12.2 Å². The lowest BCUT2D eigenvalue weighted by atomic mass is 9.99. The van der Waals surface area contributed by atoms with Crippen LogP contribution in [-0.2, 0) is 48.6 Å². The van der Waals surface area contributed by atoms with Gasteiger partial charge in [-0.15, -0.1) is 0 Å². The topological polar surface area (TPSA) is 161 Å². The highest BCUT2D eigenvalue weighted by Gasteiger charge is 2.28. The van der Waals surface area contributed by atoms with E-state index >= 15 is 0 Å². The zero-order chi connectivity index (χ0) is 37.3. The average molecular weight is 748 g/mol. The van der Waals surface area contributed by atoms with Gasteiger partial charge in [-0.3, -0.25) is 0 Å². The van der Waals surface area contributed by atoms with Crippen LogP contribution in [0, 0.1) is 0 Å². The van der Waals surface area contributed by atoms with Crippen LogP contribution in [0.15, 0.2) is 58.3 Å². The van der Waals surface area contributed by atoms with Crippen LogP contribution in [0.2, 0.25) is 10.0 Å². The fourth-order valence-electron chi connectivity index (χ4n) is 4.98. The Morgan fingerprint density at radius 2 is 1.25 bits per heavy atom. The number of aliphatic hydroxyl groups is 1. The van der Waals surface area contributed by atoms with E-state index in [4.69, 9.17) is 46.9 Å². The number of phenols is 1. The van der Waals surface area contributed by atoms with Crippen molar-refractivity contribution in [2.45, 2.75) is 91.9 Å². The predicted octanol–water partition coefficient (Wildman–Crippen LogP) is 7.71. The van der Waals surface area contributed by atoms with Gasteiger partial charge in [-0.25, -0.2) is 19.6 Å². The van der Waals surface area contributed by atoms with E-state index in [1.807, 2.05) is 53.7 Å². The highest BCUT2D eigenvalue weighted by atomic mass is 35.5. The van der Waals surface area contributed by atoms with Crippen molar-refractivity contribution in [2.75, 3.05) is 13.1 Å². The minimum Gasteiger partial charge on any atom is -0.506 e. The molecule has 0 unspecified atom stereocenters. The molecule has 0 aliphatic carbocycles. The lowest BCUT2D eigenvalue weighted by molar-refractivity contribution is 0.0213. The van der Waals surface area contributed by atoms with E-state index in [1.165, 1.54) is 19.0 Å². The van der Waals surface area contributed by atoms with Crippen LogP contribution in [0.5, 0.6) is 11.5 Å². The van der Waals surface area contributed by atoms with E-state index in [1.54, 1.807) is 28.1 Å². The van der Waals surface area contributed by atoms with Crippen LogP contribution in [-0.4, -0.2) is 66.5 Å². The highest BCUT2D eigenvalue weighted by molar-refractivity contribution is 6.32. The van der Waals surface area contributed by atoms with Gasteiger partial charge in [-0.05, 0) is 101 Å². The third-order valence-electron chi connectivity index (χ3n) is 7.34. The molecule has 2 aliphatic heterocycles. The lowest BCUT2D eigenvalue weighted by Crippen LogP contribution is -2.39. The third-order valence-corrected chi connectivity index (χ3v) is 7.94. The molecule has 0 fully saturated rings. The van der Waals surface area contributed by atoms with Gasteiger partial charge < -0.3 is 43.1 Å². The second-order valence-electron chi connectivity index (χ2n) is 13.8. The highest BCUT2D eigenvalue weighted by Crippen LogP contribution is 2.33. The van der Waals surface area contributed by atoms with Gasteiger partial charge in [0.25, 0.3) is 0 Å². The summed E-state index contributed by atoms with van der Waals surface area (Å²) in [6.07, 6.45) is 6.51. The molecule has 13 nitrogen and oxygen atoms in total. The summed E-state index contributed by atoms with van der Waals surface area (Å²) >= 11 is 12.2. The van der Waals surface area contributed by atoms with Gasteiger partial charge in [0, 0.05) is 26.2 Å². The summed E-state index contributed by atoms with van der Waals surface area (Å²) in [5.41, 5.74) is 3.12.